The van der Waals surface area contributed by atoms with Crippen LogP contribution < -0.4 is 16.0 Å². The van der Waals surface area contributed by atoms with Gasteiger partial charge in [0.25, 0.3) is 11.8 Å². The summed E-state index contributed by atoms with van der Waals surface area (Å²) in [7, 11) is 0. The largest absolute Gasteiger partial charge is 0.325 e. The van der Waals surface area contributed by atoms with Crippen LogP contribution in [0.3, 0.4) is 0 Å². The Kier molecular flexibility index (Phi) is 9.96. The Bertz CT molecular complexity index is 1550. The molecule has 3 amide bonds. The maximum atomic E-state index is 13.2. The minimum atomic E-state index is -0.570. The summed E-state index contributed by atoms with van der Waals surface area (Å²) >= 11 is 13.7. The number of benzene rings is 4. The number of carbonyl (C=O) groups is 3. The molecule has 0 saturated heterocycles. The summed E-state index contributed by atoms with van der Waals surface area (Å²) in [4.78, 5) is 39.0. The second-order valence-corrected chi connectivity index (χ2v) is 10.2. The van der Waals surface area contributed by atoms with E-state index in [1.807, 2.05) is 0 Å². The Morgan fingerprint density at radius 1 is 0.775 bits per heavy atom. The van der Waals surface area contributed by atoms with Crippen molar-refractivity contribution in [2.45, 2.75) is 4.90 Å². The van der Waals surface area contributed by atoms with Gasteiger partial charge < -0.3 is 16.0 Å². The average Bonchev–Trinajstić information content (AvgIpc) is 2.96. The van der Waals surface area contributed by atoms with E-state index in [0.717, 1.165) is 4.90 Å². The lowest BCUT2D eigenvalue weighted by atomic mass is 10.1. The molecule has 0 aliphatic carbocycles. The van der Waals surface area contributed by atoms with Crippen LogP contribution in [-0.2, 0) is 9.59 Å². The zero-order valence-electron chi connectivity index (χ0n) is 20.8. The number of rotatable bonds is 9. The predicted molar refractivity (Wildman–Crippen MR) is 159 cm³/mol. The molecule has 0 bridgehead atoms. The van der Waals surface area contributed by atoms with Crippen LogP contribution in [0.5, 0.6) is 0 Å². The lowest BCUT2D eigenvalue weighted by Crippen LogP contribution is -2.30. The molecule has 0 fully saturated rings. The van der Waals surface area contributed by atoms with Crippen LogP contribution in [0.2, 0.25) is 10.0 Å². The Hall–Kier alpha value is -4.11. The summed E-state index contributed by atoms with van der Waals surface area (Å²) < 4.78 is 13.0. The minimum absolute atomic E-state index is 0.0334. The Balaban J connectivity index is 1.43. The molecule has 0 aliphatic rings. The monoisotopic (exact) mass is 593 g/mol. The van der Waals surface area contributed by atoms with Gasteiger partial charge in [0, 0.05) is 21.8 Å². The van der Waals surface area contributed by atoms with Crippen LogP contribution in [0, 0.1) is 5.82 Å². The van der Waals surface area contributed by atoms with E-state index in [-0.39, 0.29) is 28.2 Å². The summed E-state index contributed by atoms with van der Waals surface area (Å²) in [6, 6.07) is 25.9. The van der Waals surface area contributed by atoms with Gasteiger partial charge >= 0.3 is 0 Å². The van der Waals surface area contributed by atoms with Gasteiger partial charge in [0.05, 0.1) is 15.8 Å². The fourth-order valence-corrected chi connectivity index (χ4v) is 4.50. The fourth-order valence-electron chi connectivity index (χ4n) is 3.44. The first kappa shape index (κ1) is 28.9. The number of amides is 3. The Labute approximate surface area is 244 Å². The van der Waals surface area contributed by atoms with E-state index in [1.54, 1.807) is 72.8 Å². The normalized spacial score (nSPS) is 11.0. The maximum absolute atomic E-state index is 13.2. The molecule has 6 nitrogen and oxygen atoms in total. The van der Waals surface area contributed by atoms with E-state index in [9.17, 15) is 18.8 Å². The van der Waals surface area contributed by atoms with Crippen LogP contribution in [-0.4, -0.2) is 23.5 Å². The van der Waals surface area contributed by atoms with E-state index in [1.165, 1.54) is 42.1 Å². The predicted octanol–water partition coefficient (Wildman–Crippen LogP) is 7.27. The van der Waals surface area contributed by atoms with Crippen molar-refractivity contribution < 1.29 is 18.8 Å². The molecule has 0 radical (unpaired) electrons. The molecule has 4 aromatic rings. The molecular weight excluding hydrogens is 572 g/mol. The van der Waals surface area contributed by atoms with Gasteiger partial charge in [-0.3, -0.25) is 14.4 Å². The van der Waals surface area contributed by atoms with E-state index >= 15 is 0 Å². The number of carbonyl (C=O) groups excluding carboxylic acids is 3. The third-order valence-corrected chi connectivity index (χ3v) is 7.27. The first-order valence-electron chi connectivity index (χ1n) is 11.9. The molecule has 40 heavy (non-hydrogen) atoms. The smallest absolute Gasteiger partial charge is 0.272 e. The number of anilines is 2. The summed E-state index contributed by atoms with van der Waals surface area (Å²) in [6.45, 7) is 0. The first-order valence-corrected chi connectivity index (χ1v) is 13.6. The number of halogens is 3. The molecular formula is C30H22Cl2FN3O3S. The van der Waals surface area contributed by atoms with Gasteiger partial charge in [0.15, 0.2) is 0 Å². The van der Waals surface area contributed by atoms with Gasteiger partial charge in [0.1, 0.15) is 11.5 Å². The van der Waals surface area contributed by atoms with Gasteiger partial charge in [-0.15, -0.1) is 11.8 Å². The molecule has 0 spiro atoms. The second kappa shape index (κ2) is 13.8. The van der Waals surface area contributed by atoms with Crippen molar-refractivity contribution in [3.8, 4) is 0 Å². The molecule has 0 saturated carbocycles. The van der Waals surface area contributed by atoms with Crippen molar-refractivity contribution in [3.05, 3.63) is 130 Å². The van der Waals surface area contributed by atoms with E-state index in [2.05, 4.69) is 16.0 Å². The van der Waals surface area contributed by atoms with E-state index in [0.29, 0.717) is 27.5 Å². The lowest BCUT2D eigenvalue weighted by molar-refractivity contribution is -0.114. The molecule has 0 atom stereocenters. The highest BCUT2D eigenvalue weighted by Gasteiger charge is 2.16. The van der Waals surface area contributed by atoms with Gasteiger partial charge in [0.2, 0.25) is 5.91 Å². The number of hydrogen-bond donors (Lipinski definition) is 3. The summed E-state index contributed by atoms with van der Waals surface area (Å²) in [5.41, 5.74) is 1.78. The van der Waals surface area contributed by atoms with Crippen molar-refractivity contribution in [1.29, 1.82) is 0 Å². The zero-order chi connectivity index (χ0) is 28.5. The molecule has 202 valence electrons. The standard InChI is InChI=1S/C30H22Cl2FN3O3S/c31-25-8-4-7-20(28(25)32)17-26(36-29(38)19-5-2-1-3-6-19)30(39)35-23-13-15-24(16-14-23)40-18-27(37)34-22-11-9-21(33)10-12-22/h1-17H,18H2,(H,34,37)(H,35,39)(H,36,38)/b26-17-. The quantitative estimate of drug-likeness (QED) is 0.141. The third kappa shape index (κ3) is 8.19. The van der Waals surface area contributed by atoms with Gasteiger partial charge in [-0.2, -0.15) is 0 Å². The van der Waals surface area contributed by atoms with Gasteiger partial charge in [-0.1, -0.05) is 53.5 Å². The van der Waals surface area contributed by atoms with Crippen molar-refractivity contribution in [1.82, 2.24) is 5.32 Å². The van der Waals surface area contributed by atoms with Crippen molar-refractivity contribution in [2.75, 3.05) is 16.4 Å². The van der Waals surface area contributed by atoms with Crippen LogP contribution >= 0.6 is 35.0 Å². The second-order valence-electron chi connectivity index (χ2n) is 8.34. The summed E-state index contributed by atoms with van der Waals surface area (Å²) in [6.07, 6.45) is 1.45. The Morgan fingerprint density at radius 2 is 1.43 bits per heavy atom. The van der Waals surface area contributed by atoms with Gasteiger partial charge in [-0.25, -0.2) is 4.39 Å². The van der Waals surface area contributed by atoms with Crippen LogP contribution in [0.4, 0.5) is 15.8 Å². The van der Waals surface area contributed by atoms with E-state index in [4.69, 9.17) is 23.2 Å². The Morgan fingerprint density at radius 3 is 2.12 bits per heavy atom. The summed E-state index contributed by atoms with van der Waals surface area (Å²) in [5.74, 6) is -1.51. The topological polar surface area (TPSA) is 87.3 Å². The molecule has 3 N–H and O–H groups in total. The lowest BCUT2D eigenvalue weighted by Gasteiger charge is -2.12. The fraction of sp³-hybridized carbons (Fsp3) is 0.0333. The SMILES string of the molecule is O=C(CSc1ccc(NC(=O)/C(=C/c2cccc(Cl)c2Cl)NC(=O)c2ccccc2)cc1)Nc1ccc(F)cc1. The molecule has 0 unspecified atom stereocenters. The molecule has 0 aromatic heterocycles. The van der Waals surface area contributed by atoms with Crippen molar-refractivity contribution >= 4 is 70.1 Å². The van der Waals surface area contributed by atoms with Crippen molar-refractivity contribution in [2.24, 2.45) is 0 Å². The number of nitrogens with one attached hydrogen (secondary N) is 3. The van der Waals surface area contributed by atoms with Gasteiger partial charge in [-0.05, 0) is 78.4 Å². The summed E-state index contributed by atoms with van der Waals surface area (Å²) in [5, 5.41) is 8.68. The van der Waals surface area contributed by atoms with Crippen LogP contribution in [0.1, 0.15) is 15.9 Å². The average molecular weight is 594 g/mol. The highest BCUT2D eigenvalue weighted by atomic mass is 35.5. The van der Waals surface area contributed by atoms with Crippen molar-refractivity contribution in [3.63, 3.8) is 0 Å². The highest BCUT2D eigenvalue weighted by Crippen LogP contribution is 2.27. The molecule has 4 aromatic carbocycles. The van der Waals surface area contributed by atoms with E-state index < -0.39 is 11.8 Å². The molecule has 4 rings (SSSR count). The maximum Gasteiger partial charge on any atom is 0.272 e. The highest BCUT2D eigenvalue weighted by molar-refractivity contribution is 8.00. The zero-order valence-corrected chi connectivity index (χ0v) is 23.1. The third-order valence-electron chi connectivity index (χ3n) is 5.42. The molecule has 0 aliphatic heterocycles. The molecule has 0 heterocycles. The minimum Gasteiger partial charge on any atom is -0.325 e. The first-order chi connectivity index (χ1) is 19.3. The van der Waals surface area contributed by atoms with Crippen LogP contribution in [0.15, 0.2) is 108 Å². The number of hydrogen-bond acceptors (Lipinski definition) is 4. The van der Waals surface area contributed by atoms with Crippen LogP contribution in [0.25, 0.3) is 6.08 Å². The number of thioether (sulfide) groups is 1. The molecule has 10 heteroatoms.